The van der Waals surface area contributed by atoms with Crippen LogP contribution in [0.4, 0.5) is 0 Å². The van der Waals surface area contributed by atoms with Gasteiger partial charge in [0.1, 0.15) is 0 Å². The first-order chi connectivity index (χ1) is 8.92. The number of likely N-dealkylation sites (tertiary alicyclic amines) is 1. The maximum atomic E-state index is 4.10. The van der Waals surface area contributed by atoms with Gasteiger partial charge in [-0.2, -0.15) is 0 Å². The van der Waals surface area contributed by atoms with Crippen molar-refractivity contribution in [2.24, 2.45) is 0 Å². The Morgan fingerprint density at radius 2 is 1.94 bits per heavy atom. The van der Waals surface area contributed by atoms with E-state index in [-0.39, 0.29) is 0 Å². The van der Waals surface area contributed by atoms with Crippen LogP contribution < -0.4 is 0 Å². The minimum atomic E-state index is 0.729. The van der Waals surface area contributed by atoms with E-state index >= 15 is 0 Å². The molecule has 2 nitrogen and oxygen atoms in total. The Labute approximate surface area is 112 Å². The lowest BCUT2D eigenvalue weighted by atomic mass is 9.90. The van der Waals surface area contributed by atoms with Crippen LogP contribution in [0.5, 0.6) is 0 Å². The minimum Gasteiger partial charge on any atom is -0.298 e. The molecule has 1 fully saturated rings. The maximum Gasteiger partial charge on any atom is 0.0327 e. The van der Waals surface area contributed by atoms with Gasteiger partial charge in [0.2, 0.25) is 0 Å². The molecule has 0 saturated carbocycles. The number of aromatic nitrogens is 1. The van der Waals surface area contributed by atoms with E-state index in [1.165, 1.54) is 36.4 Å². The molecule has 0 amide bonds. The molecule has 0 atom stereocenters. The van der Waals surface area contributed by atoms with Gasteiger partial charge in [0.15, 0.2) is 0 Å². The molecule has 0 aromatic carbocycles. The summed E-state index contributed by atoms with van der Waals surface area (Å²) in [5.41, 5.74) is 1.46. The van der Waals surface area contributed by atoms with E-state index in [0.29, 0.717) is 0 Å². The van der Waals surface area contributed by atoms with Crippen LogP contribution in [0.1, 0.15) is 29.2 Å². The average molecular weight is 258 g/mol. The molecule has 2 aromatic heterocycles. The normalized spacial score (nSPS) is 18.0. The van der Waals surface area contributed by atoms with E-state index < -0.39 is 0 Å². The van der Waals surface area contributed by atoms with Gasteiger partial charge in [-0.3, -0.25) is 9.88 Å². The van der Waals surface area contributed by atoms with E-state index in [0.717, 1.165) is 12.5 Å². The quantitative estimate of drug-likeness (QED) is 0.837. The number of nitrogens with zero attached hydrogens (tertiary/aromatic N) is 2. The minimum absolute atomic E-state index is 0.729. The second kappa shape index (κ2) is 5.63. The Bertz CT molecular complexity index is 459. The lowest BCUT2D eigenvalue weighted by Gasteiger charge is -2.31. The third-order valence-electron chi connectivity index (χ3n) is 3.72. The molecule has 94 valence electrons. The summed E-state index contributed by atoms with van der Waals surface area (Å²) >= 11 is 1.86. The zero-order valence-corrected chi connectivity index (χ0v) is 11.3. The number of rotatable bonds is 3. The predicted octanol–water partition coefficient (Wildman–Crippen LogP) is 3.52. The Morgan fingerprint density at radius 1 is 1.17 bits per heavy atom. The van der Waals surface area contributed by atoms with Crippen molar-refractivity contribution >= 4 is 11.3 Å². The highest BCUT2D eigenvalue weighted by atomic mass is 32.1. The van der Waals surface area contributed by atoms with Crippen molar-refractivity contribution in [2.75, 3.05) is 13.1 Å². The number of pyridine rings is 1. The molecule has 0 N–H and O–H groups in total. The number of hydrogen-bond acceptors (Lipinski definition) is 3. The highest BCUT2D eigenvalue weighted by Gasteiger charge is 2.20. The molecule has 0 spiro atoms. The van der Waals surface area contributed by atoms with Crippen LogP contribution in [-0.2, 0) is 6.54 Å². The highest BCUT2D eigenvalue weighted by molar-refractivity contribution is 7.09. The SMILES string of the molecule is c1csc(CN2CCC(c3ccncc3)CC2)c1. The van der Waals surface area contributed by atoms with Crippen LogP contribution >= 0.6 is 11.3 Å². The largest absolute Gasteiger partial charge is 0.298 e. The van der Waals surface area contributed by atoms with Crippen molar-refractivity contribution in [1.29, 1.82) is 0 Å². The molecule has 1 aliphatic heterocycles. The maximum absolute atomic E-state index is 4.10. The summed E-state index contributed by atoms with van der Waals surface area (Å²) in [6, 6.07) is 8.71. The molecule has 1 saturated heterocycles. The topological polar surface area (TPSA) is 16.1 Å². The Kier molecular flexibility index (Phi) is 3.72. The predicted molar refractivity (Wildman–Crippen MR) is 75.8 cm³/mol. The van der Waals surface area contributed by atoms with Crippen LogP contribution in [0.15, 0.2) is 42.0 Å². The molecule has 0 radical (unpaired) electrons. The monoisotopic (exact) mass is 258 g/mol. The fraction of sp³-hybridized carbons (Fsp3) is 0.400. The van der Waals surface area contributed by atoms with Crippen molar-refractivity contribution in [2.45, 2.75) is 25.3 Å². The zero-order valence-electron chi connectivity index (χ0n) is 10.5. The van der Waals surface area contributed by atoms with E-state index in [4.69, 9.17) is 0 Å². The van der Waals surface area contributed by atoms with Crippen molar-refractivity contribution in [1.82, 2.24) is 9.88 Å². The zero-order chi connectivity index (χ0) is 12.2. The smallest absolute Gasteiger partial charge is 0.0327 e. The van der Waals surface area contributed by atoms with Crippen molar-refractivity contribution in [3.63, 3.8) is 0 Å². The van der Waals surface area contributed by atoms with Crippen molar-refractivity contribution in [3.8, 4) is 0 Å². The summed E-state index contributed by atoms with van der Waals surface area (Å²) in [6.45, 7) is 3.55. The van der Waals surface area contributed by atoms with Gasteiger partial charge in [-0.1, -0.05) is 6.07 Å². The first-order valence-corrected chi connectivity index (χ1v) is 7.44. The van der Waals surface area contributed by atoms with E-state index in [1.54, 1.807) is 0 Å². The van der Waals surface area contributed by atoms with Gasteiger partial charge in [0.05, 0.1) is 0 Å². The third kappa shape index (κ3) is 2.79. The highest BCUT2D eigenvalue weighted by Crippen LogP contribution is 2.28. The summed E-state index contributed by atoms with van der Waals surface area (Å²) in [5, 5.41) is 2.17. The number of thiophene rings is 1. The second-order valence-corrected chi connectivity index (χ2v) is 5.94. The first kappa shape index (κ1) is 11.9. The summed E-state index contributed by atoms with van der Waals surface area (Å²) in [7, 11) is 0. The number of piperidine rings is 1. The summed E-state index contributed by atoms with van der Waals surface area (Å²) in [6.07, 6.45) is 6.37. The van der Waals surface area contributed by atoms with E-state index in [2.05, 4.69) is 39.5 Å². The van der Waals surface area contributed by atoms with Crippen molar-refractivity contribution in [3.05, 3.63) is 52.5 Å². The number of hydrogen-bond donors (Lipinski definition) is 0. The van der Waals surface area contributed by atoms with E-state index in [1.807, 2.05) is 23.7 Å². The standard InChI is InChI=1S/C15H18N2S/c1-2-15(18-11-1)12-17-9-5-14(6-10-17)13-3-7-16-8-4-13/h1-4,7-8,11,14H,5-6,9-10,12H2. The van der Waals surface area contributed by atoms with Crippen LogP contribution in [0.25, 0.3) is 0 Å². The van der Waals surface area contributed by atoms with E-state index in [9.17, 15) is 0 Å². The molecular formula is C15H18N2S. The summed E-state index contributed by atoms with van der Waals surface area (Å²) < 4.78 is 0. The first-order valence-electron chi connectivity index (χ1n) is 6.56. The van der Waals surface area contributed by atoms with Gasteiger partial charge in [0, 0.05) is 23.8 Å². The van der Waals surface area contributed by atoms with Crippen LogP contribution in [0.3, 0.4) is 0 Å². The lowest BCUT2D eigenvalue weighted by Crippen LogP contribution is -2.32. The molecule has 3 heteroatoms. The molecule has 18 heavy (non-hydrogen) atoms. The molecule has 0 unspecified atom stereocenters. The Hall–Kier alpha value is -1.19. The van der Waals surface area contributed by atoms with Crippen molar-refractivity contribution < 1.29 is 0 Å². The summed E-state index contributed by atoms with van der Waals surface area (Å²) in [4.78, 5) is 8.15. The van der Waals surface area contributed by atoms with Gasteiger partial charge in [-0.25, -0.2) is 0 Å². The molecule has 3 heterocycles. The molecule has 2 aromatic rings. The molecular weight excluding hydrogens is 240 g/mol. The van der Waals surface area contributed by atoms with Crippen LogP contribution in [-0.4, -0.2) is 23.0 Å². The Balaban J connectivity index is 1.55. The van der Waals surface area contributed by atoms with Crippen LogP contribution in [0.2, 0.25) is 0 Å². The lowest BCUT2D eigenvalue weighted by molar-refractivity contribution is 0.206. The van der Waals surface area contributed by atoms with Gasteiger partial charge in [-0.05, 0) is 61.0 Å². The average Bonchev–Trinajstić information content (AvgIpc) is 2.94. The molecule has 1 aliphatic rings. The second-order valence-electron chi connectivity index (χ2n) is 4.91. The molecule has 0 aliphatic carbocycles. The summed E-state index contributed by atoms with van der Waals surface area (Å²) in [5.74, 6) is 0.729. The fourth-order valence-electron chi connectivity index (χ4n) is 2.68. The van der Waals surface area contributed by atoms with Gasteiger partial charge >= 0.3 is 0 Å². The molecule has 0 bridgehead atoms. The fourth-order valence-corrected chi connectivity index (χ4v) is 3.43. The third-order valence-corrected chi connectivity index (χ3v) is 4.59. The Morgan fingerprint density at radius 3 is 2.61 bits per heavy atom. The van der Waals surface area contributed by atoms with Crippen LogP contribution in [0, 0.1) is 0 Å². The van der Waals surface area contributed by atoms with Gasteiger partial charge in [-0.15, -0.1) is 11.3 Å². The molecule has 3 rings (SSSR count). The van der Waals surface area contributed by atoms with Gasteiger partial charge < -0.3 is 0 Å². The van der Waals surface area contributed by atoms with Gasteiger partial charge in [0.25, 0.3) is 0 Å².